The van der Waals surface area contributed by atoms with Gasteiger partial charge in [0.05, 0.1) is 11.0 Å². The number of aromatic nitrogens is 1. The minimum atomic E-state index is 0. The Morgan fingerprint density at radius 2 is 1.06 bits per heavy atom. The van der Waals surface area contributed by atoms with Crippen LogP contribution in [0, 0.1) is 0 Å². The van der Waals surface area contributed by atoms with E-state index >= 15 is 0 Å². The van der Waals surface area contributed by atoms with Crippen molar-refractivity contribution in [3.05, 3.63) is 42.5 Å². The van der Waals surface area contributed by atoms with Crippen molar-refractivity contribution < 1.29 is 29.0 Å². The molecule has 7 heteroatoms. The van der Waals surface area contributed by atoms with E-state index in [0.29, 0.717) is 13.2 Å². The summed E-state index contributed by atoms with van der Waals surface area (Å²) in [5.41, 5.74) is 1.89. The molecule has 0 saturated carbocycles. The zero-order chi connectivity index (χ0) is 21.3. The minimum Gasteiger partial charge on any atom is -0.492 e. The number of hydrogen-bond donors (Lipinski definition) is 0. The molecule has 2 aromatic carbocycles. The first kappa shape index (κ1) is 28.6. The van der Waals surface area contributed by atoms with E-state index in [1.165, 1.54) is 0 Å². The maximum absolute atomic E-state index is 5.97. The van der Waals surface area contributed by atoms with Crippen molar-refractivity contribution in [2.24, 2.45) is 0 Å². The Balaban J connectivity index is 0.00000256. The summed E-state index contributed by atoms with van der Waals surface area (Å²) < 4.78 is 11.9. The average molecular weight is 511 g/mol. The Morgan fingerprint density at radius 1 is 0.656 bits per heavy atom. The molecule has 3 aromatic rings. The van der Waals surface area contributed by atoms with Crippen LogP contribution in [0.5, 0.6) is 11.5 Å². The second kappa shape index (κ2) is 14.6. The molecular formula is C25H36ClN3O2Zn. The van der Waals surface area contributed by atoms with Crippen LogP contribution in [0.3, 0.4) is 0 Å². The molecule has 0 bridgehead atoms. The topological polar surface area (TPSA) is 37.8 Å². The largest absolute Gasteiger partial charge is 0.492 e. The molecule has 0 aliphatic carbocycles. The first-order valence-electron chi connectivity index (χ1n) is 11.2. The van der Waals surface area contributed by atoms with Crippen molar-refractivity contribution in [2.45, 2.75) is 27.7 Å². The first-order chi connectivity index (χ1) is 14.7. The molecule has 1 aromatic heterocycles. The Morgan fingerprint density at radius 3 is 1.44 bits per heavy atom. The molecule has 0 unspecified atom stereocenters. The molecule has 0 N–H and O–H groups in total. The quantitative estimate of drug-likeness (QED) is 0.245. The normalized spacial score (nSPS) is 10.9. The van der Waals surface area contributed by atoms with Crippen molar-refractivity contribution in [3.63, 3.8) is 0 Å². The molecule has 0 amide bonds. The third-order valence-corrected chi connectivity index (χ3v) is 5.70. The molecule has 0 atom stereocenters. The zero-order valence-corrected chi connectivity index (χ0v) is 23.8. The van der Waals surface area contributed by atoms with Crippen molar-refractivity contribution in [1.29, 1.82) is 0 Å². The third-order valence-electron chi connectivity index (χ3n) is 5.70. The first-order valence-corrected chi connectivity index (χ1v) is 11.2. The number of rotatable bonds is 12. The van der Waals surface area contributed by atoms with E-state index in [9.17, 15) is 0 Å². The van der Waals surface area contributed by atoms with E-state index in [2.05, 4.69) is 55.7 Å². The number of benzene rings is 2. The number of ether oxygens (including phenoxy) is 2. The molecule has 3 rings (SSSR count). The van der Waals surface area contributed by atoms with E-state index < -0.39 is 0 Å². The Kier molecular flexibility index (Phi) is 13.1. The van der Waals surface area contributed by atoms with Gasteiger partial charge in [-0.25, -0.2) is 4.98 Å². The molecule has 0 aliphatic rings. The number of fused-ring (bicyclic) bond motifs is 2. The van der Waals surface area contributed by atoms with Crippen LogP contribution in [0.4, 0.5) is 0 Å². The third kappa shape index (κ3) is 7.84. The second-order valence-electron chi connectivity index (χ2n) is 7.45. The minimum absolute atomic E-state index is 0. The van der Waals surface area contributed by atoms with Crippen molar-refractivity contribution >= 4 is 34.2 Å². The predicted molar refractivity (Wildman–Crippen MR) is 133 cm³/mol. The van der Waals surface area contributed by atoms with Gasteiger partial charge in [0.25, 0.3) is 0 Å². The van der Waals surface area contributed by atoms with E-state index in [1.807, 2.05) is 24.3 Å². The SMILES string of the molecule is CCN(CC)CCOc1ccc2cc3ccc(OCCN(CC)CC)cc3nc2c1.Cl.[Zn]. The fraction of sp³-hybridized carbons (Fsp3) is 0.480. The Hall–Kier alpha value is -1.46. The van der Waals surface area contributed by atoms with Crippen LogP contribution in [-0.2, 0) is 19.5 Å². The fourth-order valence-corrected chi connectivity index (χ4v) is 3.63. The van der Waals surface area contributed by atoms with Gasteiger partial charge >= 0.3 is 0 Å². The summed E-state index contributed by atoms with van der Waals surface area (Å²) >= 11 is 0. The van der Waals surface area contributed by atoms with Crippen LogP contribution < -0.4 is 9.47 Å². The van der Waals surface area contributed by atoms with Gasteiger partial charge in [-0.3, -0.25) is 0 Å². The summed E-state index contributed by atoms with van der Waals surface area (Å²) in [6.07, 6.45) is 0. The van der Waals surface area contributed by atoms with Crippen molar-refractivity contribution in [3.8, 4) is 11.5 Å². The molecule has 1 heterocycles. The van der Waals surface area contributed by atoms with E-state index in [4.69, 9.17) is 14.5 Å². The van der Waals surface area contributed by atoms with Gasteiger partial charge < -0.3 is 19.3 Å². The zero-order valence-electron chi connectivity index (χ0n) is 20.0. The summed E-state index contributed by atoms with van der Waals surface area (Å²) in [5.74, 6) is 1.74. The monoisotopic (exact) mass is 509 g/mol. The Labute approximate surface area is 211 Å². The van der Waals surface area contributed by atoms with Crippen LogP contribution in [0.1, 0.15) is 27.7 Å². The number of nitrogens with zero attached hydrogens (tertiary/aromatic N) is 3. The molecule has 0 spiro atoms. The van der Waals surface area contributed by atoms with Gasteiger partial charge in [0, 0.05) is 55.5 Å². The second-order valence-corrected chi connectivity index (χ2v) is 7.45. The van der Waals surface area contributed by atoms with Crippen LogP contribution in [0.15, 0.2) is 42.5 Å². The maximum Gasteiger partial charge on any atom is 0.121 e. The molecule has 32 heavy (non-hydrogen) atoms. The summed E-state index contributed by atoms with van der Waals surface area (Å²) in [7, 11) is 0. The predicted octanol–water partition coefficient (Wildman–Crippen LogP) is 5.25. The standard InChI is InChI=1S/C25H35N3O2.ClH.Zn/c1-5-27(6-2)13-15-29-22-11-9-20-17-21-10-12-23(19-25(21)26-24(20)18-22)30-16-14-28(7-3)8-4;;/h9-12,17-19H,5-8,13-16H2,1-4H3;1H;. The van der Waals surface area contributed by atoms with Gasteiger partial charge in [-0.2, -0.15) is 0 Å². The van der Waals surface area contributed by atoms with Gasteiger partial charge in [0.1, 0.15) is 24.7 Å². The van der Waals surface area contributed by atoms with Crippen LogP contribution in [0.25, 0.3) is 21.8 Å². The van der Waals surface area contributed by atoms with Crippen LogP contribution >= 0.6 is 12.4 Å². The smallest absolute Gasteiger partial charge is 0.121 e. The number of hydrogen-bond acceptors (Lipinski definition) is 5. The van der Waals surface area contributed by atoms with E-state index in [1.54, 1.807) is 0 Å². The van der Waals surface area contributed by atoms with Gasteiger partial charge in [0.2, 0.25) is 0 Å². The molecular weight excluding hydrogens is 475 g/mol. The van der Waals surface area contributed by atoms with Crippen LogP contribution in [-0.4, -0.2) is 67.3 Å². The molecule has 0 aliphatic heterocycles. The molecule has 0 fully saturated rings. The Bertz CT molecular complexity index is 876. The van der Waals surface area contributed by atoms with Crippen molar-refractivity contribution in [1.82, 2.24) is 14.8 Å². The number of halogens is 1. The van der Waals surface area contributed by atoms with Crippen molar-refractivity contribution in [2.75, 3.05) is 52.5 Å². The number of likely N-dealkylation sites (N-methyl/N-ethyl adjacent to an activating group) is 2. The summed E-state index contributed by atoms with van der Waals surface area (Å²) in [6, 6.07) is 14.5. The van der Waals surface area contributed by atoms with E-state index in [0.717, 1.165) is 72.6 Å². The maximum atomic E-state index is 5.97. The molecule has 5 nitrogen and oxygen atoms in total. The average Bonchev–Trinajstić information content (AvgIpc) is 2.78. The molecule has 172 valence electrons. The van der Waals surface area contributed by atoms with E-state index in [-0.39, 0.29) is 31.9 Å². The molecule has 0 saturated heterocycles. The fourth-order valence-electron chi connectivity index (χ4n) is 3.63. The van der Waals surface area contributed by atoms with Gasteiger partial charge in [-0.15, -0.1) is 12.4 Å². The van der Waals surface area contributed by atoms with Gasteiger partial charge in [0.15, 0.2) is 0 Å². The van der Waals surface area contributed by atoms with Crippen LogP contribution in [0.2, 0.25) is 0 Å². The summed E-state index contributed by atoms with van der Waals surface area (Å²) in [5, 5.41) is 2.24. The van der Waals surface area contributed by atoms with Gasteiger partial charge in [-0.1, -0.05) is 27.7 Å². The summed E-state index contributed by atoms with van der Waals surface area (Å²) in [6.45, 7) is 16.1. The van der Waals surface area contributed by atoms with Gasteiger partial charge in [-0.05, 0) is 56.5 Å². The summed E-state index contributed by atoms with van der Waals surface area (Å²) in [4.78, 5) is 9.58. The molecule has 0 radical (unpaired) electrons. The number of pyridine rings is 1.